The lowest BCUT2D eigenvalue weighted by molar-refractivity contribution is -0.120. The molecule has 1 aromatic rings. The third-order valence-electron chi connectivity index (χ3n) is 4.22. The molecule has 1 amide bonds. The average molecular weight is 290 g/mol. The van der Waals surface area contributed by atoms with Crippen molar-refractivity contribution in [2.75, 3.05) is 25.1 Å². The van der Waals surface area contributed by atoms with Crippen LogP contribution in [0.5, 0.6) is 0 Å². The van der Waals surface area contributed by atoms with Gasteiger partial charge in [-0.3, -0.25) is 4.79 Å². The Hall–Kier alpha value is -1.92. The summed E-state index contributed by atoms with van der Waals surface area (Å²) >= 11 is 0. The van der Waals surface area contributed by atoms with Crippen LogP contribution in [0.3, 0.4) is 0 Å². The molecule has 2 atom stereocenters. The molecule has 3 rings (SSSR count). The Labute approximate surface area is 122 Å². The van der Waals surface area contributed by atoms with Crippen molar-refractivity contribution < 1.29 is 19.4 Å². The molecular weight excluding hydrogens is 272 g/mol. The molecule has 1 fully saturated rings. The van der Waals surface area contributed by atoms with Crippen LogP contribution in [-0.4, -0.2) is 49.3 Å². The van der Waals surface area contributed by atoms with Crippen molar-refractivity contribution in [1.29, 1.82) is 0 Å². The molecule has 2 N–H and O–H groups in total. The van der Waals surface area contributed by atoms with E-state index < -0.39 is 5.97 Å². The number of carboxylic acid groups (broad SMARTS) is 1. The number of amides is 1. The van der Waals surface area contributed by atoms with Crippen LogP contribution in [0.25, 0.3) is 0 Å². The van der Waals surface area contributed by atoms with E-state index in [2.05, 4.69) is 5.32 Å². The molecule has 2 heterocycles. The summed E-state index contributed by atoms with van der Waals surface area (Å²) in [6.45, 7) is 1.27. The van der Waals surface area contributed by atoms with Gasteiger partial charge in [0.05, 0.1) is 17.7 Å². The number of benzene rings is 1. The number of methoxy groups -OCH3 is 1. The van der Waals surface area contributed by atoms with Gasteiger partial charge in [0.2, 0.25) is 5.91 Å². The topological polar surface area (TPSA) is 78.9 Å². The van der Waals surface area contributed by atoms with Crippen LogP contribution in [0.2, 0.25) is 0 Å². The Bertz CT molecular complexity index is 587. The molecule has 0 aliphatic carbocycles. The fraction of sp³-hybridized carbons (Fsp3) is 0.467. The van der Waals surface area contributed by atoms with Gasteiger partial charge >= 0.3 is 5.97 Å². The smallest absolute Gasteiger partial charge is 0.335 e. The Morgan fingerprint density at radius 1 is 1.43 bits per heavy atom. The van der Waals surface area contributed by atoms with Gasteiger partial charge in [-0.05, 0) is 30.5 Å². The van der Waals surface area contributed by atoms with Gasteiger partial charge in [0.15, 0.2) is 0 Å². The number of carbonyl (C=O) groups is 2. The number of ether oxygens (including phenoxy) is 1. The lowest BCUT2D eigenvalue weighted by Crippen LogP contribution is -2.43. The summed E-state index contributed by atoms with van der Waals surface area (Å²) in [7, 11) is 1.64. The third kappa shape index (κ3) is 2.52. The van der Waals surface area contributed by atoms with Crippen LogP contribution in [0.1, 0.15) is 22.3 Å². The summed E-state index contributed by atoms with van der Waals surface area (Å²) in [6, 6.07) is 4.72. The van der Waals surface area contributed by atoms with E-state index in [1.165, 1.54) is 0 Å². The summed E-state index contributed by atoms with van der Waals surface area (Å²) in [5, 5.41) is 12.3. The zero-order valence-electron chi connectivity index (χ0n) is 11.8. The second kappa shape index (κ2) is 5.46. The quantitative estimate of drug-likeness (QED) is 0.854. The van der Waals surface area contributed by atoms with Gasteiger partial charge < -0.3 is 20.1 Å². The molecule has 6 nitrogen and oxygen atoms in total. The molecule has 0 spiro atoms. The molecule has 2 aliphatic rings. The van der Waals surface area contributed by atoms with Crippen LogP contribution in [0.4, 0.5) is 5.69 Å². The standard InChI is InChI=1S/C15H18N2O4/c1-21-11-7-12(16-8-11)14(18)17-5-4-9-2-3-10(15(19)20)6-13(9)17/h2-3,6,11-12,16H,4-5,7-8H2,1H3,(H,19,20). The number of nitrogens with one attached hydrogen (secondary N) is 1. The van der Waals surface area contributed by atoms with Crippen molar-refractivity contribution in [3.8, 4) is 0 Å². The van der Waals surface area contributed by atoms with E-state index in [9.17, 15) is 9.59 Å². The van der Waals surface area contributed by atoms with Crippen LogP contribution < -0.4 is 10.2 Å². The van der Waals surface area contributed by atoms with E-state index in [0.29, 0.717) is 19.5 Å². The highest BCUT2D eigenvalue weighted by Crippen LogP contribution is 2.30. The van der Waals surface area contributed by atoms with Gasteiger partial charge in [0, 0.05) is 25.9 Å². The lowest BCUT2D eigenvalue weighted by Gasteiger charge is -2.21. The molecule has 0 saturated carbocycles. The van der Waals surface area contributed by atoms with Gasteiger partial charge in [0.25, 0.3) is 0 Å². The summed E-state index contributed by atoms with van der Waals surface area (Å²) < 4.78 is 5.26. The first-order valence-corrected chi connectivity index (χ1v) is 7.04. The van der Waals surface area contributed by atoms with Crippen LogP contribution in [0, 0.1) is 0 Å². The van der Waals surface area contributed by atoms with Crippen molar-refractivity contribution in [2.45, 2.75) is 25.0 Å². The minimum absolute atomic E-state index is 0.00385. The number of hydrogen-bond donors (Lipinski definition) is 2. The summed E-state index contributed by atoms with van der Waals surface area (Å²) in [5.41, 5.74) is 1.96. The molecule has 2 unspecified atom stereocenters. The maximum Gasteiger partial charge on any atom is 0.335 e. The number of anilines is 1. The highest BCUT2D eigenvalue weighted by atomic mass is 16.5. The monoisotopic (exact) mass is 290 g/mol. The van der Waals surface area contributed by atoms with E-state index in [1.807, 2.05) is 0 Å². The Morgan fingerprint density at radius 2 is 2.24 bits per heavy atom. The number of hydrogen-bond acceptors (Lipinski definition) is 4. The molecule has 2 aliphatic heterocycles. The predicted octanol–water partition coefficient (Wildman–Crippen LogP) is 0.651. The van der Waals surface area contributed by atoms with Gasteiger partial charge in [0.1, 0.15) is 0 Å². The molecule has 112 valence electrons. The minimum Gasteiger partial charge on any atom is -0.478 e. The normalized spacial score (nSPS) is 24.1. The van der Waals surface area contributed by atoms with Crippen LogP contribution >= 0.6 is 0 Å². The third-order valence-corrected chi connectivity index (χ3v) is 4.22. The van der Waals surface area contributed by atoms with E-state index in [1.54, 1.807) is 30.2 Å². The first-order chi connectivity index (χ1) is 10.1. The zero-order chi connectivity index (χ0) is 15.0. The number of aromatic carboxylic acids is 1. The SMILES string of the molecule is COC1CNC(C(=O)N2CCc3ccc(C(=O)O)cc32)C1. The Balaban J connectivity index is 1.82. The number of carboxylic acids is 1. The second-order valence-corrected chi connectivity index (χ2v) is 5.44. The molecule has 21 heavy (non-hydrogen) atoms. The summed E-state index contributed by atoms with van der Waals surface area (Å²) in [5.74, 6) is -0.980. The maximum atomic E-state index is 12.6. The van der Waals surface area contributed by atoms with E-state index in [4.69, 9.17) is 9.84 Å². The number of carbonyl (C=O) groups excluding carboxylic acids is 1. The molecule has 0 radical (unpaired) electrons. The number of rotatable bonds is 3. The molecule has 1 saturated heterocycles. The highest BCUT2D eigenvalue weighted by Gasteiger charge is 2.35. The summed E-state index contributed by atoms with van der Waals surface area (Å²) in [6.07, 6.45) is 1.48. The lowest BCUT2D eigenvalue weighted by atomic mass is 10.1. The van der Waals surface area contributed by atoms with Gasteiger partial charge in [-0.25, -0.2) is 4.79 Å². The van der Waals surface area contributed by atoms with Crippen LogP contribution in [-0.2, 0) is 16.0 Å². The van der Waals surface area contributed by atoms with Crippen molar-refractivity contribution in [2.24, 2.45) is 0 Å². The fourth-order valence-corrected chi connectivity index (χ4v) is 3.00. The first-order valence-electron chi connectivity index (χ1n) is 7.04. The average Bonchev–Trinajstić information content (AvgIpc) is 3.12. The zero-order valence-corrected chi connectivity index (χ0v) is 11.8. The highest BCUT2D eigenvalue weighted by molar-refractivity contribution is 6.00. The van der Waals surface area contributed by atoms with Gasteiger partial charge in [-0.1, -0.05) is 6.07 Å². The van der Waals surface area contributed by atoms with Gasteiger partial charge in [-0.2, -0.15) is 0 Å². The van der Waals surface area contributed by atoms with E-state index in [0.717, 1.165) is 17.7 Å². The molecule has 1 aromatic carbocycles. The fourth-order valence-electron chi connectivity index (χ4n) is 3.00. The van der Waals surface area contributed by atoms with Crippen molar-refractivity contribution >= 4 is 17.6 Å². The van der Waals surface area contributed by atoms with Crippen molar-refractivity contribution in [3.63, 3.8) is 0 Å². The summed E-state index contributed by atoms with van der Waals surface area (Å²) in [4.78, 5) is 25.4. The van der Waals surface area contributed by atoms with Crippen LogP contribution in [0.15, 0.2) is 18.2 Å². The second-order valence-electron chi connectivity index (χ2n) is 5.44. The maximum absolute atomic E-state index is 12.6. The molecule has 0 aromatic heterocycles. The first kappa shape index (κ1) is 14.0. The largest absolute Gasteiger partial charge is 0.478 e. The molecular formula is C15H18N2O4. The Kier molecular flexibility index (Phi) is 3.65. The predicted molar refractivity (Wildman–Crippen MR) is 76.7 cm³/mol. The molecule has 0 bridgehead atoms. The number of nitrogens with zero attached hydrogens (tertiary/aromatic N) is 1. The number of fused-ring (bicyclic) bond motifs is 1. The minimum atomic E-state index is -0.976. The van der Waals surface area contributed by atoms with Crippen molar-refractivity contribution in [1.82, 2.24) is 5.32 Å². The van der Waals surface area contributed by atoms with Gasteiger partial charge in [-0.15, -0.1) is 0 Å². The molecule has 6 heteroatoms. The van der Waals surface area contributed by atoms with E-state index in [-0.39, 0.29) is 23.6 Å². The Morgan fingerprint density at radius 3 is 2.90 bits per heavy atom. The van der Waals surface area contributed by atoms with E-state index >= 15 is 0 Å². The van der Waals surface area contributed by atoms with Crippen molar-refractivity contribution in [3.05, 3.63) is 29.3 Å².